The van der Waals surface area contributed by atoms with Crippen molar-refractivity contribution in [2.75, 3.05) is 33.7 Å². The Morgan fingerprint density at radius 2 is 1.84 bits per heavy atom. The van der Waals surface area contributed by atoms with Crippen LogP contribution >= 0.6 is 0 Å². The van der Waals surface area contributed by atoms with Gasteiger partial charge in [0, 0.05) is 13.1 Å². The van der Waals surface area contributed by atoms with Gasteiger partial charge in [0.05, 0.1) is 6.54 Å². The molecule has 0 bridgehead atoms. The third-order valence-electron chi connectivity index (χ3n) is 3.66. The van der Waals surface area contributed by atoms with E-state index in [0.717, 1.165) is 25.9 Å². The van der Waals surface area contributed by atoms with Gasteiger partial charge >= 0.3 is 0 Å². The van der Waals surface area contributed by atoms with Gasteiger partial charge in [-0.2, -0.15) is 0 Å². The van der Waals surface area contributed by atoms with Crippen molar-refractivity contribution < 1.29 is 9.90 Å². The summed E-state index contributed by atoms with van der Waals surface area (Å²) in [6.45, 7) is 2.15. The quantitative estimate of drug-likeness (QED) is 0.901. The molecule has 1 aliphatic rings. The Balaban J connectivity index is 1.88. The second-order valence-corrected chi connectivity index (χ2v) is 5.48. The predicted octanol–water partition coefficient (Wildman–Crippen LogP) is 1.66. The van der Waals surface area contributed by atoms with Crippen molar-refractivity contribution in [2.45, 2.75) is 18.8 Å². The van der Waals surface area contributed by atoms with E-state index in [1.165, 1.54) is 5.56 Å². The van der Waals surface area contributed by atoms with Gasteiger partial charge in [-0.25, -0.2) is 0 Å². The van der Waals surface area contributed by atoms with E-state index in [0.29, 0.717) is 18.2 Å². The van der Waals surface area contributed by atoms with Crippen LogP contribution in [0, 0.1) is 0 Å². The summed E-state index contributed by atoms with van der Waals surface area (Å²) >= 11 is 0. The number of phenols is 1. The van der Waals surface area contributed by atoms with Crippen LogP contribution < -0.4 is 0 Å². The van der Waals surface area contributed by atoms with Gasteiger partial charge in [0.25, 0.3) is 0 Å². The van der Waals surface area contributed by atoms with Gasteiger partial charge in [0.2, 0.25) is 5.91 Å². The van der Waals surface area contributed by atoms with E-state index >= 15 is 0 Å². The number of piperidine rings is 1. The molecule has 0 aromatic heterocycles. The summed E-state index contributed by atoms with van der Waals surface area (Å²) < 4.78 is 0. The lowest BCUT2D eigenvalue weighted by atomic mass is 9.89. The SMILES string of the molecule is CN(C)CC(=O)N1CCC(c2ccc(O)cc2)CC1. The maximum absolute atomic E-state index is 11.9. The average molecular weight is 262 g/mol. The van der Waals surface area contributed by atoms with Crippen LogP contribution in [0.4, 0.5) is 0 Å². The zero-order valence-corrected chi connectivity index (χ0v) is 11.7. The van der Waals surface area contributed by atoms with E-state index in [1.54, 1.807) is 12.1 Å². The molecule has 1 heterocycles. The van der Waals surface area contributed by atoms with Gasteiger partial charge in [-0.15, -0.1) is 0 Å². The molecule has 2 rings (SSSR count). The van der Waals surface area contributed by atoms with Crippen LogP contribution in [0.3, 0.4) is 0 Å². The molecule has 1 aromatic carbocycles. The van der Waals surface area contributed by atoms with E-state index in [1.807, 2.05) is 36.0 Å². The minimum Gasteiger partial charge on any atom is -0.508 e. The normalized spacial score (nSPS) is 16.9. The average Bonchev–Trinajstić information content (AvgIpc) is 2.39. The molecule has 0 spiro atoms. The summed E-state index contributed by atoms with van der Waals surface area (Å²) in [5.41, 5.74) is 1.26. The van der Waals surface area contributed by atoms with E-state index < -0.39 is 0 Å². The van der Waals surface area contributed by atoms with Crippen molar-refractivity contribution in [1.29, 1.82) is 0 Å². The predicted molar refractivity (Wildman–Crippen MR) is 75.2 cm³/mol. The first-order valence-electron chi connectivity index (χ1n) is 6.77. The highest BCUT2D eigenvalue weighted by Crippen LogP contribution is 2.28. The molecule has 1 saturated heterocycles. The van der Waals surface area contributed by atoms with E-state index in [4.69, 9.17) is 0 Å². The zero-order chi connectivity index (χ0) is 13.8. The lowest BCUT2D eigenvalue weighted by Crippen LogP contribution is -2.42. The molecular formula is C15H22N2O2. The Bertz CT molecular complexity index is 420. The first-order valence-corrected chi connectivity index (χ1v) is 6.77. The standard InChI is InChI=1S/C15H22N2O2/c1-16(2)11-15(19)17-9-7-13(8-10-17)12-3-5-14(18)6-4-12/h3-6,13,18H,7-11H2,1-2H3. The van der Waals surface area contributed by atoms with E-state index in [9.17, 15) is 9.90 Å². The lowest BCUT2D eigenvalue weighted by Gasteiger charge is -2.33. The molecule has 104 valence electrons. The first kappa shape index (κ1) is 13.9. The highest BCUT2D eigenvalue weighted by molar-refractivity contribution is 5.78. The molecule has 1 aromatic rings. The summed E-state index contributed by atoms with van der Waals surface area (Å²) in [4.78, 5) is 15.8. The Morgan fingerprint density at radius 3 is 2.37 bits per heavy atom. The largest absolute Gasteiger partial charge is 0.508 e. The van der Waals surface area contributed by atoms with Crippen molar-refractivity contribution in [1.82, 2.24) is 9.80 Å². The maximum atomic E-state index is 11.9. The number of nitrogens with zero attached hydrogens (tertiary/aromatic N) is 2. The van der Waals surface area contributed by atoms with Crippen LogP contribution in [0.1, 0.15) is 24.3 Å². The van der Waals surface area contributed by atoms with Crippen LogP contribution in [0.5, 0.6) is 5.75 Å². The van der Waals surface area contributed by atoms with Gasteiger partial charge in [0.1, 0.15) is 5.75 Å². The molecule has 1 aliphatic heterocycles. The van der Waals surface area contributed by atoms with Gasteiger partial charge in [0.15, 0.2) is 0 Å². The molecule has 1 N–H and O–H groups in total. The lowest BCUT2D eigenvalue weighted by molar-refractivity contribution is -0.132. The van der Waals surface area contributed by atoms with Crippen LogP contribution in [-0.2, 0) is 4.79 Å². The van der Waals surface area contributed by atoms with Crippen molar-refractivity contribution in [3.8, 4) is 5.75 Å². The fourth-order valence-electron chi connectivity index (χ4n) is 2.58. The third kappa shape index (κ3) is 3.70. The Morgan fingerprint density at radius 1 is 1.26 bits per heavy atom. The second kappa shape index (κ2) is 6.06. The van der Waals surface area contributed by atoms with Crippen LogP contribution in [0.25, 0.3) is 0 Å². The van der Waals surface area contributed by atoms with Crippen molar-refractivity contribution in [2.24, 2.45) is 0 Å². The zero-order valence-electron chi connectivity index (χ0n) is 11.7. The molecule has 0 unspecified atom stereocenters. The smallest absolute Gasteiger partial charge is 0.236 e. The van der Waals surface area contributed by atoms with Gasteiger partial charge in [-0.05, 0) is 50.6 Å². The minimum atomic E-state index is 0.217. The fourth-order valence-corrected chi connectivity index (χ4v) is 2.58. The van der Waals surface area contributed by atoms with Crippen molar-refractivity contribution in [3.05, 3.63) is 29.8 Å². The highest BCUT2D eigenvalue weighted by atomic mass is 16.3. The molecule has 1 amide bonds. The van der Waals surface area contributed by atoms with Gasteiger partial charge in [-0.3, -0.25) is 4.79 Å². The molecule has 19 heavy (non-hydrogen) atoms. The number of hydrogen-bond donors (Lipinski definition) is 1. The number of phenolic OH excluding ortho intramolecular Hbond substituents is 1. The number of carbonyl (C=O) groups is 1. The molecule has 4 heteroatoms. The number of rotatable bonds is 3. The summed E-state index contributed by atoms with van der Waals surface area (Å²) in [6.07, 6.45) is 2.01. The molecule has 0 radical (unpaired) electrons. The fraction of sp³-hybridized carbons (Fsp3) is 0.533. The Kier molecular flexibility index (Phi) is 4.43. The Labute approximate surface area is 114 Å². The highest BCUT2D eigenvalue weighted by Gasteiger charge is 2.23. The van der Waals surface area contributed by atoms with E-state index in [-0.39, 0.29) is 5.91 Å². The molecule has 0 aliphatic carbocycles. The van der Waals surface area contributed by atoms with Gasteiger partial charge in [-0.1, -0.05) is 12.1 Å². The number of benzene rings is 1. The minimum absolute atomic E-state index is 0.217. The molecule has 0 saturated carbocycles. The Hall–Kier alpha value is -1.55. The molecular weight excluding hydrogens is 240 g/mol. The second-order valence-electron chi connectivity index (χ2n) is 5.48. The van der Waals surface area contributed by atoms with Crippen LogP contribution in [0.2, 0.25) is 0 Å². The van der Waals surface area contributed by atoms with Crippen molar-refractivity contribution in [3.63, 3.8) is 0 Å². The summed E-state index contributed by atoms with van der Waals surface area (Å²) in [5, 5.41) is 9.30. The molecule has 4 nitrogen and oxygen atoms in total. The third-order valence-corrected chi connectivity index (χ3v) is 3.66. The number of aromatic hydroxyl groups is 1. The maximum Gasteiger partial charge on any atom is 0.236 e. The number of likely N-dealkylation sites (tertiary alicyclic amines) is 1. The first-order chi connectivity index (χ1) is 9.06. The monoisotopic (exact) mass is 262 g/mol. The van der Waals surface area contributed by atoms with Crippen LogP contribution in [-0.4, -0.2) is 54.5 Å². The summed E-state index contributed by atoms with van der Waals surface area (Å²) in [5.74, 6) is 1.03. The van der Waals surface area contributed by atoms with Crippen molar-refractivity contribution >= 4 is 5.91 Å². The summed E-state index contributed by atoms with van der Waals surface area (Å²) in [6, 6.07) is 7.44. The molecule has 1 fully saturated rings. The van der Waals surface area contributed by atoms with Crippen LogP contribution in [0.15, 0.2) is 24.3 Å². The summed E-state index contributed by atoms with van der Waals surface area (Å²) in [7, 11) is 3.84. The topological polar surface area (TPSA) is 43.8 Å². The number of hydrogen-bond acceptors (Lipinski definition) is 3. The number of likely N-dealkylation sites (N-methyl/N-ethyl adjacent to an activating group) is 1. The number of amides is 1. The van der Waals surface area contributed by atoms with E-state index in [2.05, 4.69) is 0 Å². The number of carbonyl (C=O) groups excluding carboxylic acids is 1. The van der Waals surface area contributed by atoms with Gasteiger partial charge < -0.3 is 14.9 Å². The molecule has 0 atom stereocenters.